The minimum atomic E-state index is 0.269. The number of rotatable bonds is 2. The maximum absolute atomic E-state index is 3.62. The van der Waals surface area contributed by atoms with Crippen molar-refractivity contribution in [3.05, 3.63) is 0 Å². The molecule has 1 N–H and O–H groups in total. The Hall–Kier alpha value is -0.0400. The molecular formula is C10H21N. The Morgan fingerprint density at radius 2 is 1.73 bits per heavy atom. The molecule has 0 aliphatic heterocycles. The molecule has 1 aliphatic rings. The fourth-order valence-electron chi connectivity index (χ4n) is 1.45. The van der Waals surface area contributed by atoms with Crippen molar-refractivity contribution < 1.29 is 0 Å². The number of hydrogen-bond acceptors (Lipinski definition) is 1. The summed E-state index contributed by atoms with van der Waals surface area (Å²) in [6.45, 7) is 11.4. The first-order valence-corrected chi connectivity index (χ1v) is 4.61. The van der Waals surface area contributed by atoms with E-state index in [1.54, 1.807) is 0 Å². The van der Waals surface area contributed by atoms with Crippen LogP contribution in [0.3, 0.4) is 0 Å². The lowest BCUT2D eigenvalue weighted by molar-refractivity contribution is 0.294. The number of hydrogen-bond donors (Lipinski definition) is 1. The fourth-order valence-corrected chi connectivity index (χ4v) is 1.45. The van der Waals surface area contributed by atoms with Gasteiger partial charge in [-0.3, -0.25) is 0 Å². The van der Waals surface area contributed by atoms with Gasteiger partial charge < -0.3 is 5.32 Å². The van der Waals surface area contributed by atoms with Crippen LogP contribution >= 0.6 is 0 Å². The van der Waals surface area contributed by atoms with E-state index in [1.165, 1.54) is 12.8 Å². The summed E-state index contributed by atoms with van der Waals surface area (Å²) in [5.74, 6) is 0. The molecule has 1 atom stereocenters. The van der Waals surface area contributed by atoms with Crippen molar-refractivity contribution in [2.75, 3.05) is 0 Å². The summed E-state index contributed by atoms with van der Waals surface area (Å²) in [7, 11) is 0. The minimum Gasteiger partial charge on any atom is -0.309 e. The van der Waals surface area contributed by atoms with Crippen molar-refractivity contribution in [3.63, 3.8) is 0 Å². The molecule has 0 aromatic heterocycles. The standard InChI is InChI=1S/C10H21N/c1-8(10(5)6-7-10)11-9(2,3)4/h8,11H,6-7H2,1-5H3. The molecule has 0 amide bonds. The molecule has 0 aromatic rings. The molecule has 1 aliphatic carbocycles. The molecule has 1 nitrogen and oxygen atoms in total. The van der Waals surface area contributed by atoms with Crippen LogP contribution in [0, 0.1) is 5.41 Å². The first-order chi connectivity index (χ1) is 4.83. The summed E-state index contributed by atoms with van der Waals surface area (Å²) in [6, 6.07) is 0.669. The van der Waals surface area contributed by atoms with Crippen LogP contribution in [0.15, 0.2) is 0 Å². The van der Waals surface area contributed by atoms with Gasteiger partial charge in [0.1, 0.15) is 0 Å². The van der Waals surface area contributed by atoms with Crippen LogP contribution in [0.25, 0.3) is 0 Å². The Kier molecular flexibility index (Phi) is 2.04. The molecule has 0 aromatic carbocycles. The highest BCUT2D eigenvalue weighted by Crippen LogP contribution is 2.48. The summed E-state index contributed by atoms with van der Waals surface area (Å²) in [5.41, 5.74) is 0.873. The predicted octanol–water partition coefficient (Wildman–Crippen LogP) is 2.56. The zero-order valence-corrected chi connectivity index (χ0v) is 8.49. The molecule has 1 fully saturated rings. The van der Waals surface area contributed by atoms with Crippen LogP contribution in [0.1, 0.15) is 47.5 Å². The molecule has 0 heterocycles. The van der Waals surface area contributed by atoms with Crippen molar-refractivity contribution in [1.82, 2.24) is 5.32 Å². The van der Waals surface area contributed by atoms with Crippen molar-refractivity contribution in [2.24, 2.45) is 5.41 Å². The van der Waals surface area contributed by atoms with Gasteiger partial charge in [-0.05, 0) is 46.0 Å². The Bertz CT molecular complexity index is 139. The fraction of sp³-hybridized carbons (Fsp3) is 1.00. The minimum absolute atomic E-state index is 0.269. The summed E-state index contributed by atoms with van der Waals surface area (Å²) < 4.78 is 0. The molecule has 1 rings (SSSR count). The largest absolute Gasteiger partial charge is 0.309 e. The van der Waals surface area contributed by atoms with E-state index in [0.29, 0.717) is 11.5 Å². The second-order valence-electron chi connectivity index (χ2n) is 5.27. The maximum Gasteiger partial charge on any atom is 0.00992 e. The first-order valence-electron chi connectivity index (χ1n) is 4.61. The summed E-state index contributed by atoms with van der Waals surface area (Å²) in [4.78, 5) is 0. The second kappa shape index (κ2) is 2.48. The molecule has 1 heteroatoms. The lowest BCUT2D eigenvalue weighted by Crippen LogP contribution is -2.45. The van der Waals surface area contributed by atoms with Crippen LogP contribution in [0.5, 0.6) is 0 Å². The Balaban J connectivity index is 2.38. The molecule has 0 radical (unpaired) electrons. The molecule has 66 valence electrons. The average Bonchev–Trinajstić information content (AvgIpc) is 2.44. The van der Waals surface area contributed by atoms with Gasteiger partial charge in [-0.2, -0.15) is 0 Å². The van der Waals surface area contributed by atoms with Crippen LogP contribution in [0.4, 0.5) is 0 Å². The predicted molar refractivity (Wildman–Crippen MR) is 49.7 cm³/mol. The first kappa shape index (κ1) is 9.05. The topological polar surface area (TPSA) is 12.0 Å². The van der Waals surface area contributed by atoms with E-state index in [4.69, 9.17) is 0 Å². The summed E-state index contributed by atoms with van der Waals surface area (Å²) >= 11 is 0. The molecule has 0 bridgehead atoms. The van der Waals surface area contributed by atoms with E-state index >= 15 is 0 Å². The normalized spacial score (nSPS) is 24.8. The van der Waals surface area contributed by atoms with E-state index in [2.05, 4.69) is 39.9 Å². The maximum atomic E-state index is 3.62. The average molecular weight is 155 g/mol. The third kappa shape index (κ3) is 2.48. The van der Waals surface area contributed by atoms with Gasteiger partial charge in [-0.15, -0.1) is 0 Å². The van der Waals surface area contributed by atoms with Gasteiger partial charge in [0.15, 0.2) is 0 Å². The van der Waals surface area contributed by atoms with E-state index in [-0.39, 0.29) is 5.54 Å². The lowest BCUT2D eigenvalue weighted by atomic mass is 9.97. The molecule has 1 unspecified atom stereocenters. The van der Waals surface area contributed by atoms with Gasteiger partial charge in [0.2, 0.25) is 0 Å². The van der Waals surface area contributed by atoms with Crippen LogP contribution in [-0.2, 0) is 0 Å². The van der Waals surface area contributed by atoms with Gasteiger partial charge in [-0.1, -0.05) is 6.92 Å². The SMILES string of the molecule is CC(NC(C)(C)C)C1(C)CC1. The molecule has 1 saturated carbocycles. The van der Waals surface area contributed by atoms with Gasteiger partial charge >= 0.3 is 0 Å². The van der Waals surface area contributed by atoms with Crippen molar-refractivity contribution >= 4 is 0 Å². The summed E-state index contributed by atoms with van der Waals surface area (Å²) in [5, 5.41) is 3.62. The zero-order chi connectivity index (χ0) is 8.70. The smallest absolute Gasteiger partial charge is 0.00992 e. The van der Waals surface area contributed by atoms with E-state index < -0.39 is 0 Å². The third-order valence-electron chi connectivity index (χ3n) is 2.73. The highest BCUT2D eigenvalue weighted by Gasteiger charge is 2.43. The van der Waals surface area contributed by atoms with Crippen LogP contribution < -0.4 is 5.32 Å². The van der Waals surface area contributed by atoms with Crippen molar-refractivity contribution in [3.8, 4) is 0 Å². The Labute approximate surface area is 70.6 Å². The van der Waals surface area contributed by atoms with Gasteiger partial charge in [0.25, 0.3) is 0 Å². The lowest BCUT2D eigenvalue weighted by Gasteiger charge is -2.30. The van der Waals surface area contributed by atoms with Gasteiger partial charge in [0.05, 0.1) is 0 Å². The molecule has 0 spiro atoms. The second-order valence-corrected chi connectivity index (χ2v) is 5.27. The van der Waals surface area contributed by atoms with E-state index in [0.717, 1.165) is 0 Å². The van der Waals surface area contributed by atoms with Crippen molar-refractivity contribution in [1.29, 1.82) is 0 Å². The molecular weight excluding hydrogens is 134 g/mol. The highest BCUT2D eigenvalue weighted by atomic mass is 15.0. The van der Waals surface area contributed by atoms with Gasteiger partial charge in [0, 0.05) is 11.6 Å². The van der Waals surface area contributed by atoms with E-state index in [1.807, 2.05) is 0 Å². The Morgan fingerprint density at radius 3 is 2.00 bits per heavy atom. The monoisotopic (exact) mass is 155 g/mol. The number of nitrogens with one attached hydrogen (secondary N) is 1. The van der Waals surface area contributed by atoms with Crippen LogP contribution in [0.2, 0.25) is 0 Å². The zero-order valence-electron chi connectivity index (χ0n) is 8.49. The highest BCUT2D eigenvalue weighted by molar-refractivity contribution is 4.98. The van der Waals surface area contributed by atoms with Crippen molar-refractivity contribution in [2.45, 2.75) is 59.0 Å². The quantitative estimate of drug-likeness (QED) is 0.646. The van der Waals surface area contributed by atoms with E-state index in [9.17, 15) is 0 Å². The summed E-state index contributed by atoms with van der Waals surface area (Å²) in [6.07, 6.45) is 2.80. The molecule has 0 saturated heterocycles. The van der Waals surface area contributed by atoms with Gasteiger partial charge in [-0.25, -0.2) is 0 Å². The third-order valence-corrected chi connectivity index (χ3v) is 2.73. The molecule has 11 heavy (non-hydrogen) atoms. The Morgan fingerprint density at radius 1 is 1.27 bits per heavy atom. The van der Waals surface area contributed by atoms with Crippen LogP contribution in [-0.4, -0.2) is 11.6 Å².